The second kappa shape index (κ2) is 3.84. The number of aliphatic carboxylic acids is 1. The highest BCUT2D eigenvalue weighted by Crippen LogP contribution is 2.33. The van der Waals surface area contributed by atoms with Crippen molar-refractivity contribution in [3.63, 3.8) is 0 Å². The van der Waals surface area contributed by atoms with E-state index in [1.54, 1.807) is 0 Å². The SMILES string of the molecule is O=C(O)C1(NCC2CC2)Cc2ccccc2C1. The first-order valence-corrected chi connectivity index (χ1v) is 6.25. The quantitative estimate of drug-likeness (QED) is 0.827. The average Bonchev–Trinajstić information content (AvgIpc) is 3.05. The molecule has 1 aromatic carbocycles. The highest BCUT2D eigenvalue weighted by Gasteiger charge is 2.44. The Bertz CT molecular complexity index is 426. The van der Waals surface area contributed by atoms with Crippen molar-refractivity contribution in [3.05, 3.63) is 35.4 Å². The molecular weight excluding hydrogens is 214 g/mol. The van der Waals surface area contributed by atoms with E-state index < -0.39 is 11.5 Å². The minimum Gasteiger partial charge on any atom is -0.480 e. The third kappa shape index (κ3) is 1.95. The van der Waals surface area contributed by atoms with Crippen LogP contribution in [-0.2, 0) is 17.6 Å². The molecule has 2 aliphatic rings. The van der Waals surface area contributed by atoms with Gasteiger partial charge in [0.25, 0.3) is 0 Å². The summed E-state index contributed by atoms with van der Waals surface area (Å²) in [5.41, 5.74) is 1.60. The molecule has 90 valence electrons. The molecule has 3 rings (SSSR count). The maximum absolute atomic E-state index is 11.6. The zero-order valence-electron chi connectivity index (χ0n) is 9.78. The maximum atomic E-state index is 11.6. The standard InChI is InChI=1S/C14H17NO2/c16-13(17)14(15-9-10-5-6-10)7-11-3-1-2-4-12(11)8-14/h1-4,10,15H,5-9H2,(H,16,17). The van der Waals surface area contributed by atoms with Crippen LogP contribution in [-0.4, -0.2) is 23.2 Å². The first-order valence-electron chi connectivity index (χ1n) is 6.25. The van der Waals surface area contributed by atoms with Gasteiger partial charge in [0.05, 0.1) is 0 Å². The molecule has 0 spiro atoms. The number of fused-ring (bicyclic) bond motifs is 1. The fraction of sp³-hybridized carbons (Fsp3) is 0.500. The third-order valence-corrected chi connectivity index (χ3v) is 3.94. The minimum absolute atomic E-state index is 0.616. The zero-order valence-corrected chi connectivity index (χ0v) is 9.78. The lowest BCUT2D eigenvalue weighted by atomic mass is 9.95. The predicted octanol–water partition coefficient (Wildman–Crippen LogP) is 1.61. The Balaban J connectivity index is 1.80. The van der Waals surface area contributed by atoms with E-state index in [-0.39, 0.29) is 0 Å². The lowest BCUT2D eigenvalue weighted by Crippen LogP contribution is -2.53. The van der Waals surface area contributed by atoms with Gasteiger partial charge < -0.3 is 10.4 Å². The van der Waals surface area contributed by atoms with E-state index in [2.05, 4.69) is 5.32 Å². The van der Waals surface area contributed by atoms with Gasteiger partial charge in [0.1, 0.15) is 5.54 Å². The highest BCUT2D eigenvalue weighted by molar-refractivity contribution is 5.81. The average molecular weight is 231 g/mol. The molecule has 2 N–H and O–H groups in total. The van der Waals surface area contributed by atoms with Crippen molar-refractivity contribution in [1.29, 1.82) is 0 Å². The van der Waals surface area contributed by atoms with Gasteiger partial charge in [-0.05, 0) is 36.4 Å². The lowest BCUT2D eigenvalue weighted by molar-refractivity contribution is -0.144. The Labute approximate surface area is 101 Å². The van der Waals surface area contributed by atoms with Crippen LogP contribution in [0.1, 0.15) is 24.0 Å². The van der Waals surface area contributed by atoms with Crippen LogP contribution < -0.4 is 5.32 Å². The number of carbonyl (C=O) groups is 1. The Morgan fingerprint density at radius 3 is 2.35 bits per heavy atom. The molecule has 0 saturated heterocycles. The van der Waals surface area contributed by atoms with E-state index in [1.807, 2.05) is 24.3 Å². The van der Waals surface area contributed by atoms with Gasteiger partial charge in [-0.25, -0.2) is 0 Å². The fourth-order valence-corrected chi connectivity index (χ4v) is 2.63. The number of rotatable bonds is 4. The van der Waals surface area contributed by atoms with Crippen molar-refractivity contribution in [2.45, 2.75) is 31.2 Å². The van der Waals surface area contributed by atoms with Crippen LogP contribution in [0.15, 0.2) is 24.3 Å². The summed E-state index contributed by atoms with van der Waals surface area (Å²) in [6.45, 7) is 0.848. The van der Waals surface area contributed by atoms with Gasteiger partial charge in [0.15, 0.2) is 0 Å². The zero-order chi connectivity index (χ0) is 11.9. The smallest absolute Gasteiger partial charge is 0.324 e. The molecule has 0 atom stereocenters. The van der Waals surface area contributed by atoms with Crippen molar-refractivity contribution < 1.29 is 9.90 Å². The largest absolute Gasteiger partial charge is 0.480 e. The normalized spacial score (nSPS) is 21.2. The first kappa shape index (κ1) is 10.8. The van der Waals surface area contributed by atoms with E-state index in [0.29, 0.717) is 18.8 Å². The number of hydrogen-bond donors (Lipinski definition) is 2. The molecule has 0 bridgehead atoms. The number of carboxylic acid groups (broad SMARTS) is 1. The minimum atomic E-state index is -0.758. The molecule has 17 heavy (non-hydrogen) atoms. The van der Waals surface area contributed by atoms with Crippen LogP contribution >= 0.6 is 0 Å². The van der Waals surface area contributed by atoms with Crippen molar-refractivity contribution in [2.24, 2.45) is 5.92 Å². The molecule has 0 aliphatic heterocycles. The molecule has 0 unspecified atom stereocenters. The van der Waals surface area contributed by atoms with Crippen molar-refractivity contribution in [3.8, 4) is 0 Å². The van der Waals surface area contributed by atoms with E-state index in [1.165, 1.54) is 24.0 Å². The summed E-state index contributed by atoms with van der Waals surface area (Å²) in [5.74, 6) is -0.00992. The Hall–Kier alpha value is -1.35. The van der Waals surface area contributed by atoms with Gasteiger partial charge >= 0.3 is 5.97 Å². The van der Waals surface area contributed by atoms with Crippen LogP contribution in [0, 0.1) is 5.92 Å². The summed E-state index contributed by atoms with van der Waals surface area (Å²) in [6.07, 6.45) is 3.72. The first-order chi connectivity index (χ1) is 8.20. The molecule has 3 heteroatoms. The summed E-state index contributed by atoms with van der Waals surface area (Å²) in [6, 6.07) is 8.05. The topological polar surface area (TPSA) is 49.3 Å². The Kier molecular flexibility index (Phi) is 2.44. The van der Waals surface area contributed by atoms with Crippen LogP contribution in [0.5, 0.6) is 0 Å². The number of benzene rings is 1. The van der Waals surface area contributed by atoms with Crippen LogP contribution in [0.4, 0.5) is 0 Å². The van der Waals surface area contributed by atoms with Gasteiger partial charge in [0.2, 0.25) is 0 Å². The molecule has 1 saturated carbocycles. The van der Waals surface area contributed by atoms with E-state index >= 15 is 0 Å². The third-order valence-electron chi connectivity index (χ3n) is 3.94. The van der Waals surface area contributed by atoms with Gasteiger partial charge in [-0.2, -0.15) is 0 Å². The van der Waals surface area contributed by atoms with Gasteiger partial charge in [0, 0.05) is 12.8 Å². The second-order valence-electron chi connectivity index (χ2n) is 5.33. The number of nitrogens with one attached hydrogen (secondary N) is 1. The van der Waals surface area contributed by atoms with Gasteiger partial charge in [-0.15, -0.1) is 0 Å². The highest BCUT2D eigenvalue weighted by atomic mass is 16.4. The second-order valence-corrected chi connectivity index (χ2v) is 5.33. The van der Waals surface area contributed by atoms with Crippen LogP contribution in [0.2, 0.25) is 0 Å². The molecule has 0 radical (unpaired) electrons. The maximum Gasteiger partial charge on any atom is 0.324 e. The molecule has 0 amide bonds. The summed E-state index contributed by atoms with van der Waals surface area (Å²) in [7, 11) is 0. The molecular formula is C14H17NO2. The van der Waals surface area contributed by atoms with Crippen molar-refractivity contribution in [2.75, 3.05) is 6.54 Å². The van der Waals surface area contributed by atoms with E-state index in [0.717, 1.165) is 6.54 Å². The summed E-state index contributed by atoms with van der Waals surface area (Å²) < 4.78 is 0. The van der Waals surface area contributed by atoms with Gasteiger partial charge in [-0.3, -0.25) is 4.79 Å². The fourth-order valence-electron chi connectivity index (χ4n) is 2.63. The van der Waals surface area contributed by atoms with Crippen molar-refractivity contribution in [1.82, 2.24) is 5.32 Å². The molecule has 1 aromatic rings. The van der Waals surface area contributed by atoms with Crippen molar-refractivity contribution >= 4 is 5.97 Å². The predicted molar refractivity (Wildman–Crippen MR) is 64.9 cm³/mol. The molecule has 0 aromatic heterocycles. The summed E-state index contributed by atoms with van der Waals surface area (Å²) in [5, 5.41) is 12.8. The van der Waals surface area contributed by atoms with Gasteiger partial charge in [-0.1, -0.05) is 24.3 Å². The molecule has 3 nitrogen and oxygen atoms in total. The van der Waals surface area contributed by atoms with Crippen LogP contribution in [0.3, 0.4) is 0 Å². The molecule has 0 heterocycles. The van der Waals surface area contributed by atoms with E-state index in [4.69, 9.17) is 0 Å². The molecule has 1 fully saturated rings. The Morgan fingerprint density at radius 1 is 1.29 bits per heavy atom. The number of carboxylic acids is 1. The monoisotopic (exact) mass is 231 g/mol. The summed E-state index contributed by atoms with van der Waals surface area (Å²) >= 11 is 0. The molecule has 2 aliphatic carbocycles. The van der Waals surface area contributed by atoms with Crippen LogP contribution in [0.25, 0.3) is 0 Å². The van der Waals surface area contributed by atoms with E-state index in [9.17, 15) is 9.90 Å². The Morgan fingerprint density at radius 2 is 1.88 bits per heavy atom. The summed E-state index contributed by atoms with van der Waals surface area (Å²) in [4.78, 5) is 11.6. The number of hydrogen-bond acceptors (Lipinski definition) is 2. The lowest BCUT2D eigenvalue weighted by Gasteiger charge is -2.25.